The summed E-state index contributed by atoms with van der Waals surface area (Å²) < 4.78 is 0. The van der Waals surface area contributed by atoms with Crippen LogP contribution < -0.4 is 10.6 Å². The summed E-state index contributed by atoms with van der Waals surface area (Å²) in [6.07, 6.45) is 6.77. The van der Waals surface area contributed by atoms with Gasteiger partial charge in [0.25, 0.3) is 0 Å². The monoisotopic (exact) mass is 330 g/mol. The van der Waals surface area contributed by atoms with E-state index in [1.807, 2.05) is 24.3 Å². The van der Waals surface area contributed by atoms with Crippen LogP contribution in [0.15, 0.2) is 42.7 Å². The van der Waals surface area contributed by atoms with E-state index in [4.69, 9.17) is 11.6 Å². The number of nitrogens with one attached hydrogen (secondary N) is 2. The van der Waals surface area contributed by atoms with Crippen molar-refractivity contribution >= 4 is 23.5 Å². The molecule has 1 amide bonds. The number of aromatic nitrogens is 2. The quantitative estimate of drug-likeness (QED) is 0.854. The van der Waals surface area contributed by atoms with Gasteiger partial charge in [0.2, 0.25) is 11.9 Å². The summed E-state index contributed by atoms with van der Waals surface area (Å²) in [5.41, 5.74) is 0.895. The maximum Gasteiger partial charge on any atom is 0.222 e. The molecule has 3 rings (SSSR count). The summed E-state index contributed by atoms with van der Waals surface area (Å²) in [6.45, 7) is 0.506. The Hall–Kier alpha value is -2.14. The highest BCUT2D eigenvalue weighted by molar-refractivity contribution is 6.30. The van der Waals surface area contributed by atoms with Crippen molar-refractivity contribution in [2.75, 3.05) is 11.9 Å². The lowest BCUT2D eigenvalue weighted by atomic mass is 9.71. The Morgan fingerprint density at radius 2 is 1.87 bits per heavy atom. The highest BCUT2D eigenvalue weighted by atomic mass is 35.5. The van der Waals surface area contributed by atoms with Crippen molar-refractivity contribution in [3.05, 3.63) is 53.3 Å². The Kier molecular flexibility index (Phi) is 4.76. The maximum absolute atomic E-state index is 12.3. The molecule has 1 aromatic carbocycles. The Morgan fingerprint density at radius 1 is 1.17 bits per heavy atom. The third-order valence-electron chi connectivity index (χ3n) is 4.18. The second-order valence-corrected chi connectivity index (χ2v) is 6.18. The molecule has 1 saturated carbocycles. The van der Waals surface area contributed by atoms with Gasteiger partial charge in [-0.2, -0.15) is 0 Å². The lowest BCUT2D eigenvalue weighted by Gasteiger charge is -2.43. The molecular weight excluding hydrogens is 312 g/mol. The van der Waals surface area contributed by atoms with Crippen LogP contribution in [-0.2, 0) is 10.3 Å². The van der Waals surface area contributed by atoms with Gasteiger partial charge in [-0.15, -0.1) is 0 Å². The number of benzene rings is 1. The van der Waals surface area contributed by atoms with Crippen molar-refractivity contribution in [1.29, 1.82) is 0 Å². The van der Waals surface area contributed by atoms with Crippen LogP contribution in [0.1, 0.15) is 31.2 Å². The van der Waals surface area contributed by atoms with Crippen LogP contribution in [0.3, 0.4) is 0 Å². The molecule has 0 atom stereocenters. The van der Waals surface area contributed by atoms with E-state index < -0.39 is 0 Å². The van der Waals surface area contributed by atoms with Gasteiger partial charge in [-0.05, 0) is 43.0 Å². The van der Waals surface area contributed by atoms with Gasteiger partial charge in [0.05, 0.1) is 5.54 Å². The molecule has 1 aliphatic rings. The van der Waals surface area contributed by atoms with E-state index in [-0.39, 0.29) is 11.4 Å². The lowest BCUT2D eigenvalue weighted by Crippen LogP contribution is -2.51. The molecule has 1 aromatic heterocycles. The Balaban J connectivity index is 1.54. The number of carbonyl (C=O) groups excluding carboxylic acids is 1. The predicted octanol–water partition coefficient (Wildman–Crippen LogP) is 3.13. The number of rotatable bonds is 6. The zero-order valence-corrected chi connectivity index (χ0v) is 13.5. The van der Waals surface area contributed by atoms with E-state index in [1.54, 1.807) is 18.5 Å². The van der Waals surface area contributed by atoms with Crippen LogP contribution in [0.25, 0.3) is 0 Å². The Bertz CT molecular complexity index is 656. The van der Waals surface area contributed by atoms with Crippen LogP contribution in [0.5, 0.6) is 0 Å². The first-order chi connectivity index (χ1) is 11.2. The van der Waals surface area contributed by atoms with Gasteiger partial charge in [0.15, 0.2) is 0 Å². The molecule has 6 heteroatoms. The molecule has 120 valence electrons. The SMILES string of the molecule is O=C(CCNc1ncccn1)NC1(c2ccc(Cl)cc2)CCC1. The van der Waals surface area contributed by atoms with Crippen LogP contribution in [0.2, 0.25) is 5.02 Å². The molecule has 0 aliphatic heterocycles. The van der Waals surface area contributed by atoms with E-state index in [2.05, 4.69) is 20.6 Å². The first-order valence-corrected chi connectivity index (χ1v) is 8.14. The molecule has 5 nitrogen and oxygen atoms in total. The zero-order valence-electron chi connectivity index (χ0n) is 12.8. The molecule has 0 spiro atoms. The predicted molar refractivity (Wildman–Crippen MR) is 90.3 cm³/mol. The van der Waals surface area contributed by atoms with E-state index in [0.29, 0.717) is 23.9 Å². The van der Waals surface area contributed by atoms with Crippen LogP contribution in [0, 0.1) is 0 Å². The molecule has 0 bridgehead atoms. The average Bonchev–Trinajstić information content (AvgIpc) is 2.53. The van der Waals surface area contributed by atoms with Gasteiger partial charge in [0.1, 0.15) is 0 Å². The molecule has 1 fully saturated rings. The second-order valence-electron chi connectivity index (χ2n) is 5.74. The maximum atomic E-state index is 12.3. The van der Waals surface area contributed by atoms with Crippen LogP contribution >= 0.6 is 11.6 Å². The number of nitrogens with zero attached hydrogens (tertiary/aromatic N) is 2. The van der Waals surface area contributed by atoms with Crippen molar-refractivity contribution < 1.29 is 4.79 Å². The van der Waals surface area contributed by atoms with Crippen molar-refractivity contribution in [3.63, 3.8) is 0 Å². The fourth-order valence-electron chi connectivity index (χ4n) is 2.79. The van der Waals surface area contributed by atoms with Gasteiger partial charge >= 0.3 is 0 Å². The van der Waals surface area contributed by atoms with Crippen LogP contribution in [-0.4, -0.2) is 22.4 Å². The lowest BCUT2D eigenvalue weighted by molar-refractivity contribution is -0.124. The van der Waals surface area contributed by atoms with Crippen molar-refractivity contribution in [3.8, 4) is 0 Å². The third kappa shape index (κ3) is 3.79. The summed E-state index contributed by atoms with van der Waals surface area (Å²) in [6, 6.07) is 9.49. The van der Waals surface area contributed by atoms with E-state index in [0.717, 1.165) is 24.8 Å². The molecule has 1 aliphatic carbocycles. The molecule has 0 unspecified atom stereocenters. The molecule has 2 N–H and O–H groups in total. The summed E-state index contributed by atoms with van der Waals surface area (Å²) in [5, 5.41) is 6.94. The number of amides is 1. The summed E-state index contributed by atoms with van der Waals surface area (Å²) >= 11 is 5.95. The van der Waals surface area contributed by atoms with Gasteiger partial charge < -0.3 is 10.6 Å². The minimum absolute atomic E-state index is 0.0306. The fourth-order valence-corrected chi connectivity index (χ4v) is 2.92. The first kappa shape index (κ1) is 15.7. The molecule has 0 saturated heterocycles. The molecule has 2 aromatic rings. The van der Waals surface area contributed by atoms with E-state index >= 15 is 0 Å². The van der Waals surface area contributed by atoms with E-state index in [1.165, 1.54) is 0 Å². The number of hydrogen-bond acceptors (Lipinski definition) is 4. The van der Waals surface area contributed by atoms with E-state index in [9.17, 15) is 4.79 Å². The van der Waals surface area contributed by atoms with Crippen LogP contribution in [0.4, 0.5) is 5.95 Å². The third-order valence-corrected chi connectivity index (χ3v) is 4.44. The standard InChI is InChI=1S/C17H19ClN4O/c18-14-5-3-13(4-6-14)17(8-1-9-17)22-15(23)7-12-21-16-19-10-2-11-20-16/h2-6,10-11H,1,7-9,12H2,(H,22,23)(H,19,20,21). The second kappa shape index (κ2) is 6.96. The minimum atomic E-state index is -0.231. The smallest absolute Gasteiger partial charge is 0.222 e. The average molecular weight is 331 g/mol. The molecule has 1 heterocycles. The number of anilines is 1. The highest BCUT2D eigenvalue weighted by Crippen LogP contribution is 2.41. The molecule has 23 heavy (non-hydrogen) atoms. The van der Waals surface area contributed by atoms with Gasteiger partial charge in [-0.3, -0.25) is 4.79 Å². The largest absolute Gasteiger partial charge is 0.354 e. The summed E-state index contributed by atoms with van der Waals surface area (Å²) in [7, 11) is 0. The first-order valence-electron chi connectivity index (χ1n) is 7.76. The topological polar surface area (TPSA) is 66.9 Å². The molecular formula is C17H19ClN4O. The fraction of sp³-hybridized carbons (Fsp3) is 0.353. The Labute approximate surface area is 140 Å². The zero-order chi connectivity index (χ0) is 16.1. The summed E-state index contributed by atoms with van der Waals surface area (Å²) in [4.78, 5) is 20.4. The Morgan fingerprint density at radius 3 is 2.48 bits per heavy atom. The number of hydrogen-bond donors (Lipinski definition) is 2. The van der Waals surface area contributed by atoms with Crippen molar-refractivity contribution in [1.82, 2.24) is 15.3 Å². The van der Waals surface area contributed by atoms with Crippen molar-refractivity contribution in [2.45, 2.75) is 31.2 Å². The summed E-state index contributed by atoms with van der Waals surface area (Å²) in [5.74, 6) is 0.569. The van der Waals surface area contributed by atoms with Gasteiger partial charge in [-0.25, -0.2) is 9.97 Å². The number of halogens is 1. The minimum Gasteiger partial charge on any atom is -0.354 e. The van der Waals surface area contributed by atoms with Crippen molar-refractivity contribution in [2.24, 2.45) is 0 Å². The number of carbonyl (C=O) groups is 1. The molecule has 0 radical (unpaired) electrons. The highest BCUT2D eigenvalue weighted by Gasteiger charge is 2.39. The van der Waals surface area contributed by atoms with Gasteiger partial charge in [-0.1, -0.05) is 23.7 Å². The normalized spacial score (nSPS) is 15.5. The van der Waals surface area contributed by atoms with Gasteiger partial charge in [0, 0.05) is 30.4 Å².